The molecular weight excluding hydrogens is 535 g/mol. The quantitative estimate of drug-likeness (QED) is 0.217. The summed E-state index contributed by atoms with van der Waals surface area (Å²) < 4.78 is 11.5. The van der Waals surface area contributed by atoms with Gasteiger partial charge in [0.15, 0.2) is 16.6 Å². The number of benzene rings is 1. The Labute approximate surface area is 245 Å². The lowest BCUT2D eigenvalue weighted by molar-refractivity contribution is -0.134. The number of carbonyl (C=O) groups is 1. The van der Waals surface area contributed by atoms with Crippen molar-refractivity contribution in [2.45, 2.75) is 115 Å². The van der Waals surface area contributed by atoms with E-state index in [1.807, 2.05) is 44.4 Å². The summed E-state index contributed by atoms with van der Waals surface area (Å²) >= 11 is 0. The molecule has 226 valence electrons. The van der Waals surface area contributed by atoms with Gasteiger partial charge in [-0.3, -0.25) is 4.79 Å². The molecule has 0 heterocycles. The van der Waals surface area contributed by atoms with Crippen molar-refractivity contribution < 1.29 is 23.9 Å². The smallest absolute Gasteiger partial charge is 0.249 e. The van der Waals surface area contributed by atoms with Crippen molar-refractivity contribution in [3.8, 4) is 5.75 Å². The number of rotatable bonds is 14. The molecule has 0 fully saturated rings. The normalized spacial score (nSPS) is 18.0. The average Bonchev–Trinajstić information content (AvgIpc) is 2.82. The molecule has 2 rings (SSSR count). The van der Waals surface area contributed by atoms with Gasteiger partial charge in [0.1, 0.15) is 11.9 Å². The Morgan fingerprint density at radius 2 is 1.68 bits per heavy atom. The van der Waals surface area contributed by atoms with Crippen LogP contribution in [0.15, 0.2) is 36.4 Å². The Kier molecular flexibility index (Phi) is 11.6. The standard InChI is InChI=1S/C32H55NO5Si2/c1-23-19-24(20-26(28(23)37-6)22-32(4,5)40(10,11)36)21-27(17-18-31(2,3)39(8,9)35)33-30(34)29(38-7)25-15-13-12-14-16-25/h12-15,19-20,25,27,29,35-36H,16-18,21-22H2,1-11H3,(H,33,34)/t25?,27-,29-/m1/s1. The molecule has 0 aliphatic heterocycles. The van der Waals surface area contributed by atoms with Gasteiger partial charge in [-0.2, -0.15) is 0 Å². The molecule has 0 bridgehead atoms. The molecule has 1 aromatic rings. The largest absolute Gasteiger partial charge is 0.496 e. The zero-order valence-electron chi connectivity index (χ0n) is 26.9. The van der Waals surface area contributed by atoms with Crippen molar-refractivity contribution in [3.05, 3.63) is 53.1 Å². The van der Waals surface area contributed by atoms with Crippen molar-refractivity contribution in [2.75, 3.05) is 14.2 Å². The molecule has 1 amide bonds. The summed E-state index contributed by atoms with van der Waals surface area (Å²) in [6.45, 7) is 18.5. The first-order valence-electron chi connectivity index (χ1n) is 14.6. The van der Waals surface area contributed by atoms with Crippen molar-refractivity contribution in [2.24, 2.45) is 5.92 Å². The molecule has 3 atom stereocenters. The van der Waals surface area contributed by atoms with Gasteiger partial charge in [-0.1, -0.05) is 64.1 Å². The molecule has 40 heavy (non-hydrogen) atoms. The van der Waals surface area contributed by atoms with Crippen molar-refractivity contribution >= 4 is 22.5 Å². The van der Waals surface area contributed by atoms with Crippen molar-refractivity contribution in [1.29, 1.82) is 0 Å². The predicted octanol–water partition coefficient (Wildman–Crippen LogP) is 6.46. The third kappa shape index (κ3) is 8.89. The van der Waals surface area contributed by atoms with E-state index in [1.54, 1.807) is 14.2 Å². The highest BCUT2D eigenvalue weighted by atomic mass is 28.4. The summed E-state index contributed by atoms with van der Waals surface area (Å²) in [6.07, 6.45) is 11.2. The third-order valence-corrected chi connectivity index (χ3v) is 16.5. The van der Waals surface area contributed by atoms with Crippen LogP contribution in [0.5, 0.6) is 5.75 Å². The van der Waals surface area contributed by atoms with E-state index in [4.69, 9.17) is 9.47 Å². The molecule has 8 heteroatoms. The first-order chi connectivity index (χ1) is 18.3. The van der Waals surface area contributed by atoms with Crippen molar-refractivity contribution in [1.82, 2.24) is 5.32 Å². The number of hydrogen-bond donors (Lipinski definition) is 3. The van der Waals surface area contributed by atoms with E-state index in [1.165, 1.54) is 0 Å². The van der Waals surface area contributed by atoms with Crippen LogP contribution in [-0.4, -0.2) is 58.5 Å². The van der Waals surface area contributed by atoms with Gasteiger partial charge in [0.05, 0.1) is 7.11 Å². The monoisotopic (exact) mass is 589 g/mol. The lowest BCUT2D eigenvalue weighted by Crippen LogP contribution is -2.47. The van der Waals surface area contributed by atoms with Crippen LogP contribution in [0.4, 0.5) is 0 Å². The molecule has 1 aromatic carbocycles. The molecule has 0 radical (unpaired) electrons. The van der Waals surface area contributed by atoms with Crippen LogP contribution in [-0.2, 0) is 22.4 Å². The number of nitrogens with one attached hydrogen (secondary N) is 1. The number of carbonyl (C=O) groups excluding carboxylic acids is 1. The van der Waals surface area contributed by atoms with Gasteiger partial charge in [-0.25, -0.2) is 0 Å². The Hall–Kier alpha value is -1.72. The fraction of sp³-hybridized carbons (Fsp3) is 0.656. The van der Waals surface area contributed by atoms with Gasteiger partial charge in [0.25, 0.3) is 0 Å². The van der Waals surface area contributed by atoms with E-state index in [-0.39, 0.29) is 27.9 Å². The maximum Gasteiger partial charge on any atom is 0.249 e. The summed E-state index contributed by atoms with van der Waals surface area (Å²) in [6, 6.07) is 4.21. The third-order valence-electron chi connectivity index (χ3n) is 9.42. The predicted molar refractivity (Wildman–Crippen MR) is 171 cm³/mol. The maximum absolute atomic E-state index is 13.5. The lowest BCUT2D eigenvalue weighted by atomic mass is 9.91. The lowest BCUT2D eigenvalue weighted by Gasteiger charge is -2.37. The minimum Gasteiger partial charge on any atom is -0.496 e. The van der Waals surface area contributed by atoms with Crippen LogP contribution >= 0.6 is 0 Å². The molecule has 1 aliphatic rings. The molecule has 1 aliphatic carbocycles. The van der Waals surface area contributed by atoms with Crippen LogP contribution in [0.1, 0.15) is 63.6 Å². The summed E-state index contributed by atoms with van der Waals surface area (Å²) in [5, 5.41) is 2.88. The van der Waals surface area contributed by atoms with Crippen LogP contribution in [0.25, 0.3) is 0 Å². The van der Waals surface area contributed by atoms with E-state index in [0.29, 0.717) is 12.8 Å². The fourth-order valence-corrected chi connectivity index (χ4v) is 6.48. The van der Waals surface area contributed by atoms with E-state index in [2.05, 4.69) is 58.1 Å². The fourth-order valence-electron chi connectivity index (χ4n) is 5.10. The van der Waals surface area contributed by atoms with Gasteiger partial charge < -0.3 is 24.4 Å². The summed E-state index contributed by atoms with van der Waals surface area (Å²) in [5.74, 6) is 0.760. The van der Waals surface area contributed by atoms with Gasteiger partial charge >= 0.3 is 0 Å². The summed E-state index contributed by atoms with van der Waals surface area (Å²) in [4.78, 5) is 35.4. The van der Waals surface area contributed by atoms with Crippen LogP contribution in [0, 0.1) is 12.8 Å². The van der Waals surface area contributed by atoms with Crippen LogP contribution in [0.2, 0.25) is 36.3 Å². The zero-order chi connectivity index (χ0) is 30.5. The van der Waals surface area contributed by atoms with Crippen LogP contribution < -0.4 is 10.1 Å². The zero-order valence-corrected chi connectivity index (χ0v) is 28.9. The molecule has 0 spiro atoms. The number of methoxy groups -OCH3 is 2. The van der Waals surface area contributed by atoms with Gasteiger partial charge in [-0.05, 0) is 92.0 Å². The molecule has 0 saturated heterocycles. The Bertz CT molecular complexity index is 1070. The topological polar surface area (TPSA) is 88.0 Å². The molecule has 6 nitrogen and oxygen atoms in total. The molecule has 0 saturated carbocycles. The second-order valence-corrected chi connectivity index (χ2v) is 22.9. The molecule has 0 aromatic heterocycles. The van der Waals surface area contributed by atoms with Crippen LogP contribution in [0.3, 0.4) is 0 Å². The molecule has 3 N–H and O–H groups in total. The number of ether oxygens (including phenoxy) is 2. The Morgan fingerprint density at radius 1 is 1.05 bits per heavy atom. The highest BCUT2D eigenvalue weighted by Gasteiger charge is 2.40. The second-order valence-electron chi connectivity index (χ2n) is 14.0. The highest BCUT2D eigenvalue weighted by molar-refractivity contribution is 6.73. The van der Waals surface area contributed by atoms with Gasteiger partial charge in [0, 0.05) is 19.1 Å². The number of allylic oxidation sites excluding steroid dienone is 3. The van der Waals surface area contributed by atoms with E-state index < -0.39 is 22.7 Å². The number of amides is 1. The first-order valence-corrected chi connectivity index (χ1v) is 20.5. The summed E-state index contributed by atoms with van der Waals surface area (Å²) in [5.41, 5.74) is 3.26. The maximum atomic E-state index is 13.5. The summed E-state index contributed by atoms with van der Waals surface area (Å²) in [7, 11) is -1.54. The van der Waals surface area contributed by atoms with Gasteiger partial charge in [0.2, 0.25) is 5.91 Å². The van der Waals surface area contributed by atoms with Crippen molar-refractivity contribution in [3.63, 3.8) is 0 Å². The van der Waals surface area contributed by atoms with E-state index in [9.17, 15) is 14.4 Å². The number of aryl methyl sites for hydroxylation is 1. The van der Waals surface area contributed by atoms with Gasteiger partial charge in [-0.15, -0.1) is 0 Å². The molecule has 1 unspecified atom stereocenters. The van der Waals surface area contributed by atoms with E-state index in [0.717, 1.165) is 41.7 Å². The first kappa shape index (κ1) is 34.5. The Balaban J connectivity index is 2.40. The number of hydrogen-bond acceptors (Lipinski definition) is 5. The average molecular weight is 590 g/mol. The Morgan fingerprint density at radius 3 is 2.17 bits per heavy atom. The highest BCUT2D eigenvalue weighted by Crippen LogP contribution is 2.42. The minimum atomic E-state index is -2.43. The SMILES string of the molecule is COc1c(C)cc(C[C@@H](CCC(C)(C)[Si](C)(C)O)NC(=O)[C@H](OC)C2C=CC=CC2)cc1CC(C)(C)[Si](C)(C)O. The second kappa shape index (κ2) is 13.5. The van der Waals surface area contributed by atoms with E-state index >= 15 is 0 Å². The minimum absolute atomic E-state index is 0.000980. The molecular formula is C32H55NO5Si2.